The zero-order chi connectivity index (χ0) is 14.4. The Balaban J connectivity index is 4.89. The summed E-state index contributed by atoms with van der Waals surface area (Å²) in [7, 11) is -1.79. The van der Waals surface area contributed by atoms with E-state index in [0.717, 1.165) is 12.8 Å². The van der Waals surface area contributed by atoms with Crippen LogP contribution in [0.25, 0.3) is 0 Å². The molecule has 0 aliphatic heterocycles. The van der Waals surface area contributed by atoms with E-state index in [1.807, 2.05) is 0 Å². The molecular formula is C15H30O2Si. The van der Waals surface area contributed by atoms with E-state index < -0.39 is 8.32 Å². The topological polar surface area (TPSA) is 29.5 Å². The summed E-state index contributed by atoms with van der Waals surface area (Å²) < 4.78 is 6.37. The molecule has 0 rings (SSSR count). The van der Waals surface area contributed by atoms with E-state index in [2.05, 4.69) is 59.6 Å². The SMILES string of the molecule is CCCC(C)C(C#CCO)O[Si](C)(C)C(C)(C)C. The first-order chi connectivity index (χ1) is 8.15. The van der Waals surface area contributed by atoms with Crippen LogP contribution in [0.2, 0.25) is 18.1 Å². The molecule has 0 aliphatic carbocycles. The quantitative estimate of drug-likeness (QED) is 0.608. The monoisotopic (exact) mass is 270 g/mol. The van der Waals surface area contributed by atoms with Crippen LogP contribution in [-0.4, -0.2) is 26.1 Å². The summed E-state index contributed by atoms with van der Waals surface area (Å²) in [5.74, 6) is 6.28. The predicted octanol–water partition coefficient (Wildman–Crippen LogP) is 3.81. The third-order valence-corrected chi connectivity index (χ3v) is 8.27. The number of aliphatic hydroxyl groups excluding tert-OH is 1. The van der Waals surface area contributed by atoms with E-state index in [1.54, 1.807) is 0 Å². The number of hydrogen-bond acceptors (Lipinski definition) is 2. The van der Waals surface area contributed by atoms with E-state index in [-0.39, 0.29) is 17.7 Å². The van der Waals surface area contributed by atoms with Crippen molar-refractivity contribution in [2.45, 2.75) is 71.7 Å². The van der Waals surface area contributed by atoms with Crippen molar-refractivity contribution in [3.8, 4) is 11.8 Å². The lowest BCUT2D eigenvalue weighted by atomic mass is 10.00. The van der Waals surface area contributed by atoms with Gasteiger partial charge in [0.05, 0.1) is 0 Å². The second-order valence-electron chi connectivity index (χ2n) is 6.54. The highest BCUT2D eigenvalue weighted by Gasteiger charge is 2.39. The molecule has 0 aromatic carbocycles. The average Bonchev–Trinajstić information content (AvgIpc) is 2.22. The Hall–Kier alpha value is -0.303. The lowest BCUT2D eigenvalue weighted by Crippen LogP contribution is -2.45. The van der Waals surface area contributed by atoms with Crippen LogP contribution in [0.3, 0.4) is 0 Å². The maximum Gasteiger partial charge on any atom is 0.193 e. The van der Waals surface area contributed by atoms with Crippen molar-refractivity contribution in [1.82, 2.24) is 0 Å². The maximum atomic E-state index is 8.87. The third kappa shape index (κ3) is 5.56. The molecule has 0 fully saturated rings. The minimum absolute atomic E-state index is 0.0435. The van der Waals surface area contributed by atoms with E-state index in [0.29, 0.717) is 5.92 Å². The van der Waals surface area contributed by atoms with Crippen molar-refractivity contribution in [2.24, 2.45) is 5.92 Å². The van der Waals surface area contributed by atoms with Gasteiger partial charge in [-0.3, -0.25) is 0 Å². The van der Waals surface area contributed by atoms with Crippen LogP contribution < -0.4 is 0 Å². The Morgan fingerprint density at radius 3 is 2.22 bits per heavy atom. The van der Waals surface area contributed by atoms with Crippen LogP contribution in [0, 0.1) is 17.8 Å². The second-order valence-corrected chi connectivity index (χ2v) is 11.3. The van der Waals surface area contributed by atoms with Gasteiger partial charge in [0.25, 0.3) is 0 Å². The summed E-state index contributed by atoms with van der Waals surface area (Å²) in [6.45, 7) is 15.5. The predicted molar refractivity (Wildman–Crippen MR) is 81.0 cm³/mol. The lowest BCUT2D eigenvalue weighted by Gasteiger charge is -2.39. The van der Waals surface area contributed by atoms with E-state index in [9.17, 15) is 0 Å². The van der Waals surface area contributed by atoms with Crippen molar-refractivity contribution in [2.75, 3.05) is 6.61 Å². The molecule has 2 atom stereocenters. The van der Waals surface area contributed by atoms with Gasteiger partial charge in [-0.15, -0.1) is 0 Å². The summed E-state index contributed by atoms with van der Waals surface area (Å²) in [4.78, 5) is 0. The average molecular weight is 270 g/mol. The molecule has 0 heterocycles. The molecule has 0 radical (unpaired) electrons. The minimum Gasteiger partial charge on any atom is -0.403 e. The van der Waals surface area contributed by atoms with Gasteiger partial charge in [-0.1, -0.05) is 52.9 Å². The van der Waals surface area contributed by atoms with Crippen LogP contribution in [0.15, 0.2) is 0 Å². The van der Waals surface area contributed by atoms with E-state index >= 15 is 0 Å². The van der Waals surface area contributed by atoms with E-state index in [4.69, 9.17) is 9.53 Å². The first kappa shape index (κ1) is 17.7. The lowest BCUT2D eigenvalue weighted by molar-refractivity contribution is 0.170. The summed E-state index contributed by atoms with van der Waals surface area (Å²) in [5.41, 5.74) is 0. The van der Waals surface area contributed by atoms with Gasteiger partial charge in [-0.05, 0) is 30.5 Å². The largest absolute Gasteiger partial charge is 0.403 e. The Labute approximate surface area is 114 Å². The molecule has 2 unspecified atom stereocenters. The molecule has 0 saturated heterocycles. The van der Waals surface area contributed by atoms with Gasteiger partial charge >= 0.3 is 0 Å². The van der Waals surface area contributed by atoms with Gasteiger partial charge in [0.1, 0.15) is 12.7 Å². The molecule has 1 N–H and O–H groups in total. The highest BCUT2D eigenvalue weighted by Crippen LogP contribution is 2.38. The van der Waals surface area contributed by atoms with Crippen molar-refractivity contribution in [1.29, 1.82) is 0 Å². The van der Waals surface area contributed by atoms with Crippen molar-refractivity contribution >= 4 is 8.32 Å². The van der Waals surface area contributed by atoms with Crippen molar-refractivity contribution < 1.29 is 9.53 Å². The Morgan fingerprint density at radius 2 is 1.83 bits per heavy atom. The van der Waals surface area contributed by atoms with Gasteiger partial charge in [-0.2, -0.15) is 0 Å². The van der Waals surface area contributed by atoms with Crippen molar-refractivity contribution in [3.05, 3.63) is 0 Å². The summed E-state index contributed by atoms with van der Waals surface area (Å²) in [6, 6.07) is 0. The van der Waals surface area contributed by atoms with Crippen molar-refractivity contribution in [3.63, 3.8) is 0 Å². The zero-order valence-corrected chi connectivity index (χ0v) is 14.1. The summed E-state index contributed by atoms with van der Waals surface area (Å²) in [5, 5.41) is 9.06. The molecule has 0 aromatic rings. The number of rotatable bonds is 5. The van der Waals surface area contributed by atoms with Gasteiger partial charge < -0.3 is 9.53 Å². The van der Waals surface area contributed by atoms with Crippen LogP contribution in [-0.2, 0) is 4.43 Å². The Morgan fingerprint density at radius 1 is 1.28 bits per heavy atom. The maximum absolute atomic E-state index is 8.87. The smallest absolute Gasteiger partial charge is 0.193 e. The van der Waals surface area contributed by atoms with Gasteiger partial charge in [0, 0.05) is 0 Å². The van der Waals surface area contributed by atoms with Crippen LogP contribution in [0.4, 0.5) is 0 Å². The van der Waals surface area contributed by atoms with Crippen LogP contribution in [0.5, 0.6) is 0 Å². The molecular weight excluding hydrogens is 240 g/mol. The normalized spacial score (nSPS) is 15.8. The number of aliphatic hydroxyl groups is 1. The molecule has 0 saturated carbocycles. The van der Waals surface area contributed by atoms with Gasteiger partial charge in [-0.25, -0.2) is 0 Å². The zero-order valence-electron chi connectivity index (χ0n) is 13.1. The molecule has 0 aliphatic rings. The molecule has 0 bridgehead atoms. The standard InChI is InChI=1S/C15H30O2Si/c1-8-10-13(2)14(11-9-12-16)17-18(6,7)15(3,4)5/h13-14,16H,8,10,12H2,1-7H3. The third-order valence-electron chi connectivity index (χ3n) is 3.81. The minimum atomic E-state index is -1.79. The molecule has 18 heavy (non-hydrogen) atoms. The molecule has 2 nitrogen and oxygen atoms in total. The molecule has 106 valence electrons. The Bertz CT molecular complexity index is 294. The fraction of sp³-hybridized carbons (Fsp3) is 0.867. The molecule has 0 spiro atoms. The van der Waals surface area contributed by atoms with E-state index in [1.165, 1.54) is 0 Å². The Kier molecular flexibility index (Phi) is 7.20. The van der Waals surface area contributed by atoms with Gasteiger partial charge in [0.15, 0.2) is 8.32 Å². The fourth-order valence-electron chi connectivity index (χ4n) is 1.54. The van der Waals surface area contributed by atoms with Crippen LogP contribution >= 0.6 is 0 Å². The van der Waals surface area contributed by atoms with Crippen LogP contribution in [0.1, 0.15) is 47.5 Å². The second kappa shape index (κ2) is 7.33. The summed E-state index contributed by atoms with van der Waals surface area (Å²) >= 11 is 0. The number of hydrogen-bond donors (Lipinski definition) is 1. The molecule has 0 aromatic heterocycles. The molecule has 0 amide bonds. The first-order valence-electron chi connectivity index (χ1n) is 6.92. The molecule has 3 heteroatoms. The highest BCUT2D eigenvalue weighted by atomic mass is 28.4. The van der Waals surface area contributed by atoms with Gasteiger partial charge in [0.2, 0.25) is 0 Å². The fourth-order valence-corrected chi connectivity index (χ4v) is 2.81. The first-order valence-corrected chi connectivity index (χ1v) is 9.83. The highest BCUT2D eigenvalue weighted by molar-refractivity contribution is 6.74. The summed E-state index contributed by atoms with van der Waals surface area (Å²) in [6.07, 6.45) is 2.21.